The van der Waals surface area contributed by atoms with Crippen LogP contribution >= 0.6 is 34.7 Å². The molecule has 2 amide bonds. The molecule has 0 radical (unpaired) electrons. The van der Waals surface area contributed by atoms with Gasteiger partial charge in [-0.2, -0.15) is 0 Å². The summed E-state index contributed by atoms with van der Waals surface area (Å²) in [6, 6.07) is 54.9. The summed E-state index contributed by atoms with van der Waals surface area (Å²) in [7, 11) is 1.56. The second-order valence-electron chi connectivity index (χ2n) is 17.9. The first-order valence-electron chi connectivity index (χ1n) is 24.0. The Labute approximate surface area is 441 Å². The lowest BCUT2D eigenvalue weighted by atomic mass is 9.77. The smallest absolute Gasteiger partial charge is 0.355 e. The number of ether oxygens (including phenoxy) is 3. The highest BCUT2D eigenvalue weighted by molar-refractivity contribution is 8.00. The number of methoxy groups -OCH3 is 1. The molecule has 1 aromatic heterocycles. The zero-order chi connectivity index (χ0) is 51.1. The van der Waals surface area contributed by atoms with Crippen LogP contribution in [0.4, 0.5) is 5.13 Å². The van der Waals surface area contributed by atoms with Crippen molar-refractivity contribution in [1.82, 2.24) is 15.2 Å². The molecule has 3 aliphatic rings. The van der Waals surface area contributed by atoms with Crippen LogP contribution in [0, 0.1) is 0 Å². The number of oxime groups is 1. The van der Waals surface area contributed by atoms with E-state index in [1.807, 2.05) is 152 Å². The van der Waals surface area contributed by atoms with E-state index in [-0.39, 0.29) is 42.4 Å². The van der Waals surface area contributed by atoms with E-state index in [4.69, 9.17) is 35.6 Å². The number of aromatic nitrogens is 1. The average molecular weight is 1040 g/mol. The van der Waals surface area contributed by atoms with Gasteiger partial charge in [-0.05, 0) is 57.5 Å². The van der Waals surface area contributed by atoms with E-state index >= 15 is 0 Å². The fourth-order valence-electron chi connectivity index (χ4n) is 9.27. The molecule has 2 aliphatic heterocycles. The van der Waals surface area contributed by atoms with Gasteiger partial charge in [-0.1, -0.05) is 169 Å². The summed E-state index contributed by atoms with van der Waals surface area (Å²) < 4.78 is 17.3. The molecular weight excluding hydrogens is 994 g/mol. The Kier molecular flexibility index (Phi) is 14.9. The van der Waals surface area contributed by atoms with E-state index < -0.39 is 52.4 Å². The monoisotopic (exact) mass is 1040 g/mol. The molecule has 1 saturated heterocycles. The summed E-state index contributed by atoms with van der Waals surface area (Å²) in [6.07, 6.45) is 0.453. The van der Waals surface area contributed by atoms with Crippen LogP contribution in [0.15, 0.2) is 198 Å². The molecule has 374 valence electrons. The first-order chi connectivity index (χ1) is 36.2. The Morgan fingerprint density at radius 1 is 0.797 bits per heavy atom. The standard InChI is InChI=1S/C58H50ClN5O8S2/c1-69-45-30-28-38(29-31-45)35-70-54(67)49-41(34-59)36-73-53-48(52(66)64(49)53)61-51(65)47(63-72-57(32-17-33-57)55(68)71-50(39-18-7-2-8-19-39)40-20-9-3-10-21-40)46-37-74-56(60-46)62-58(42-22-11-4-12-23-42,43-24-13-5-14-25-43)44-26-15-6-16-27-44/h2-16,18-31,37,48,50,53H,17,32-36H2,1H3,(H,60,62)(H,61,65)/b63-47-/t48?,53-/m1/s1. The van der Waals surface area contributed by atoms with Crippen LogP contribution in [0.25, 0.3) is 0 Å². The summed E-state index contributed by atoms with van der Waals surface area (Å²) in [4.78, 5) is 69.9. The zero-order valence-corrected chi connectivity index (χ0v) is 42.5. The normalized spacial score (nSPS) is 17.0. The number of hydrogen-bond acceptors (Lipinski definition) is 13. The lowest BCUT2D eigenvalue weighted by Crippen LogP contribution is -2.71. The molecule has 1 saturated carbocycles. The molecule has 10 rings (SSSR count). The van der Waals surface area contributed by atoms with Crippen molar-refractivity contribution in [3.05, 3.63) is 232 Å². The first-order valence-corrected chi connectivity index (χ1v) is 26.5. The molecule has 1 unspecified atom stereocenters. The van der Waals surface area contributed by atoms with Crippen molar-refractivity contribution in [1.29, 1.82) is 0 Å². The second-order valence-corrected chi connectivity index (χ2v) is 20.1. The van der Waals surface area contributed by atoms with E-state index in [1.54, 1.807) is 36.8 Å². The highest BCUT2D eigenvalue weighted by atomic mass is 35.5. The molecule has 1 aliphatic carbocycles. The van der Waals surface area contributed by atoms with Crippen LogP contribution in [0.2, 0.25) is 0 Å². The van der Waals surface area contributed by atoms with Gasteiger partial charge in [-0.15, -0.1) is 34.7 Å². The van der Waals surface area contributed by atoms with Crippen molar-refractivity contribution < 1.29 is 38.2 Å². The number of anilines is 1. The van der Waals surface area contributed by atoms with Gasteiger partial charge >= 0.3 is 11.9 Å². The lowest BCUT2D eigenvalue weighted by Gasteiger charge is -2.49. The number of nitrogens with zero attached hydrogens (tertiary/aromatic N) is 3. The van der Waals surface area contributed by atoms with Crippen molar-refractivity contribution in [3.8, 4) is 5.75 Å². The number of thioether (sulfide) groups is 1. The predicted molar refractivity (Wildman–Crippen MR) is 286 cm³/mol. The molecule has 6 aromatic carbocycles. The lowest BCUT2D eigenvalue weighted by molar-refractivity contribution is -0.189. The molecule has 2 N–H and O–H groups in total. The topological polar surface area (TPSA) is 158 Å². The number of benzene rings is 6. The van der Waals surface area contributed by atoms with Gasteiger partial charge < -0.3 is 29.7 Å². The number of esters is 2. The van der Waals surface area contributed by atoms with Crippen LogP contribution in [-0.4, -0.2) is 75.1 Å². The van der Waals surface area contributed by atoms with Gasteiger partial charge in [0.2, 0.25) is 5.60 Å². The Balaban J connectivity index is 0.967. The van der Waals surface area contributed by atoms with Crippen molar-refractivity contribution in [3.63, 3.8) is 0 Å². The quantitative estimate of drug-likeness (QED) is 0.0198. The minimum absolute atomic E-state index is 0.0104. The Morgan fingerprint density at radius 3 is 1.86 bits per heavy atom. The SMILES string of the molecule is COc1ccc(COC(=O)C2=C(CCl)CS[C@@H]3C(NC(=O)/C(=N\OC4(C(=O)OC(c5ccccc5)c5ccccc5)CCC4)c4csc(NC(c5ccccc5)(c5ccccc5)c5ccccc5)n4)C(=O)N23)cc1. The average Bonchev–Trinajstić information content (AvgIpc) is 3.91. The number of hydrogen-bond donors (Lipinski definition) is 2. The van der Waals surface area contributed by atoms with Crippen molar-refractivity contribution >= 4 is 69.3 Å². The maximum Gasteiger partial charge on any atom is 0.355 e. The zero-order valence-electron chi connectivity index (χ0n) is 40.1. The second kappa shape index (κ2) is 22.2. The highest BCUT2D eigenvalue weighted by Crippen LogP contribution is 2.44. The number of carbonyl (C=O) groups is 4. The predicted octanol–water partition coefficient (Wildman–Crippen LogP) is 10.2. The summed E-state index contributed by atoms with van der Waals surface area (Å²) in [5.74, 6) is -1.72. The minimum Gasteiger partial charge on any atom is -0.497 e. The van der Waals surface area contributed by atoms with E-state index in [0.29, 0.717) is 28.6 Å². The van der Waals surface area contributed by atoms with Crippen LogP contribution in [0.3, 0.4) is 0 Å². The van der Waals surface area contributed by atoms with Gasteiger partial charge in [0.25, 0.3) is 11.8 Å². The summed E-state index contributed by atoms with van der Waals surface area (Å²) in [5, 5.41) is 12.6. The van der Waals surface area contributed by atoms with Gasteiger partial charge in [0, 0.05) is 29.9 Å². The number of halogens is 1. The first kappa shape index (κ1) is 49.8. The third kappa shape index (κ3) is 10.0. The fourth-order valence-corrected chi connectivity index (χ4v) is 11.7. The number of alkyl halides is 1. The third-order valence-electron chi connectivity index (χ3n) is 13.4. The van der Waals surface area contributed by atoms with Crippen molar-refractivity contribution in [2.75, 3.05) is 24.1 Å². The largest absolute Gasteiger partial charge is 0.497 e. The Hall–Kier alpha value is -7.72. The molecule has 2 fully saturated rings. The number of amides is 2. The number of nitrogens with one attached hydrogen (secondary N) is 2. The van der Waals surface area contributed by atoms with Gasteiger partial charge in [0.1, 0.15) is 40.7 Å². The number of thiazole rings is 1. The molecule has 16 heteroatoms. The minimum atomic E-state index is -1.53. The maximum absolute atomic E-state index is 14.9. The molecule has 0 spiro atoms. The van der Waals surface area contributed by atoms with Crippen molar-refractivity contribution in [2.45, 2.75) is 54.5 Å². The number of carbonyl (C=O) groups excluding carboxylic acids is 4. The van der Waals surface area contributed by atoms with E-state index in [0.717, 1.165) is 33.4 Å². The van der Waals surface area contributed by atoms with Crippen LogP contribution in [-0.2, 0) is 45.6 Å². The Morgan fingerprint density at radius 2 is 1.35 bits per heavy atom. The van der Waals surface area contributed by atoms with Gasteiger partial charge in [-0.25, -0.2) is 14.6 Å². The van der Waals surface area contributed by atoms with Gasteiger partial charge in [-0.3, -0.25) is 14.5 Å². The maximum atomic E-state index is 14.9. The summed E-state index contributed by atoms with van der Waals surface area (Å²) >= 11 is 8.97. The summed E-state index contributed by atoms with van der Waals surface area (Å²) in [6.45, 7) is -0.0520. The Bertz CT molecular complexity index is 3040. The summed E-state index contributed by atoms with van der Waals surface area (Å²) in [5.41, 5.74) is 3.02. The van der Waals surface area contributed by atoms with E-state index in [9.17, 15) is 19.2 Å². The number of rotatable bonds is 19. The van der Waals surface area contributed by atoms with E-state index in [1.165, 1.54) is 28.0 Å². The van der Waals surface area contributed by atoms with Gasteiger partial charge in [0.15, 0.2) is 16.9 Å². The molecule has 0 bridgehead atoms. The third-order valence-corrected chi connectivity index (χ3v) is 15.8. The molecular formula is C58H50ClN5O8S2. The van der Waals surface area contributed by atoms with Crippen molar-refractivity contribution in [2.24, 2.45) is 5.16 Å². The van der Waals surface area contributed by atoms with Crippen LogP contribution in [0.5, 0.6) is 5.75 Å². The van der Waals surface area contributed by atoms with Crippen LogP contribution in [0.1, 0.15) is 64.4 Å². The molecule has 7 aromatic rings. The molecule has 13 nitrogen and oxygen atoms in total. The number of fused-ring (bicyclic) bond motifs is 1. The van der Waals surface area contributed by atoms with E-state index in [2.05, 4.69) is 15.8 Å². The number of β-lactam (4-membered cyclic amide) rings is 1. The highest BCUT2D eigenvalue weighted by Gasteiger charge is 2.55. The molecule has 74 heavy (non-hydrogen) atoms. The fraction of sp³-hybridized carbons (Fsp3) is 0.207. The molecule has 3 heterocycles. The van der Waals surface area contributed by atoms with Gasteiger partial charge in [0.05, 0.1) is 7.11 Å². The molecule has 2 atom stereocenters. The van der Waals surface area contributed by atoms with Crippen LogP contribution < -0.4 is 15.4 Å².